The summed E-state index contributed by atoms with van der Waals surface area (Å²) in [5, 5.41) is 12.3. The number of carbonyl (C=O) groups is 1. The highest BCUT2D eigenvalue weighted by Gasteiger charge is 2.27. The van der Waals surface area contributed by atoms with E-state index in [1.54, 1.807) is 0 Å². The molecule has 0 saturated carbocycles. The lowest BCUT2D eigenvalue weighted by Crippen LogP contribution is -2.42. The summed E-state index contributed by atoms with van der Waals surface area (Å²) in [6, 6.07) is 6.16. The van der Waals surface area contributed by atoms with Crippen LogP contribution in [0, 0.1) is 13.8 Å². The van der Waals surface area contributed by atoms with Gasteiger partial charge in [-0.1, -0.05) is 23.8 Å². The maximum Gasteiger partial charge on any atom is 0.320 e. The molecular weight excluding hydrogens is 214 g/mol. The molecule has 17 heavy (non-hydrogen) atoms. The summed E-state index contributed by atoms with van der Waals surface area (Å²) in [7, 11) is 0. The maximum absolute atomic E-state index is 11.0. The first-order chi connectivity index (χ1) is 8.08. The minimum absolute atomic E-state index is 0.186. The molecule has 1 saturated heterocycles. The third-order valence-corrected chi connectivity index (χ3v) is 3.49. The van der Waals surface area contributed by atoms with Crippen LogP contribution in [0.15, 0.2) is 18.2 Å². The minimum Gasteiger partial charge on any atom is -0.480 e. The standard InChI is InChI=1S/C14H19NO2/c1-9-6-7-11(10(2)8-9)12-4-3-5-13(15-12)14(16)17/h6-8,12-13,15H,3-5H2,1-2H3,(H,16,17). The van der Waals surface area contributed by atoms with Crippen LogP contribution in [0.1, 0.15) is 42.0 Å². The van der Waals surface area contributed by atoms with E-state index in [0.29, 0.717) is 0 Å². The van der Waals surface area contributed by atoms with Crippen molar-refractivity contribution < 1.29 is 9.90 Å². The van der Waals surface area contributed by atoms with Crippen LogP contribution in [0.5, 0.6) is 0 Å². The molecule has 92 valence electrons. The Labute approximate surface area is 102 Å². The van der Waals surface area contributed by atoms with Gasteiger partial charge in [-0.2, -0.15) is 0 Å². The van der Waals surface area contributed by atoms with Gasteiger partial charge in [0.05, 0.1) is 0 Å². The topological polar surface area (TPSA) is 49.3 Å². The Morgan fingerprint density at radius 1 is 1.35 bits per heavy atom. The summed E-state index contributed by atoms with van der Waals surface area (Å²) in [4.78, 5) is 11.0. The molecule has 0 radical (unpaired) electrons. The number of rotatable bonds is 2. The van der Waals surface area contributed by atoms with E-state index in [9.17, 15) is 4.79 Å². The molecule has 0 aromatic heterocycles. The van der Waals surface area contributed by atoms with Crippen LogP contribution in [0.4, 0.5) is 0 Å². The summed E-state index contributed by atoms with van der Waals surface area (Å²) < 4.78 is 0. The van der Waals surface area contributed by atoms with Crippen molar-refractivity contribution in [1.82, 2.24) is 5.32 Å². The number of nitrogens with one attached hydrogen (secondary N) is 1. The lowest BCUT2D eigenvalue weighted by molar-refractivity contribution is -0.140. The Morgan fingerprint density at radius 3 is 2.76 bits per heavy atom. The number of piperidine rings is 1. The van der Waals surface area contributed by atoms with Gasteiger partial charge < -0.3 is 5.11 Å². The molecule has 0 spiro atoms. The fraction of sp³-hybridized carbons (Fsp3) is 0.500. The number of hydrogen-bond acceptors (Lipinski definition) is 2. The number of hydrogen-bond donors (Lipinski definition) is 2. The number of carboxylic acid groups (broad SMARTS) is 1. The van der Waals surface area contributed by atoms with Gasteiger partial charge in [-0.25, -0.2) is 0 Å². The highest BCUT2D eigenvalue weighted by atomic mass is 16.4. The molecular formula is C14H19NO2. The quantitative estimate of drug-likeness (QED) is 0.825. The Morgan fingerprint density at radius 2 is 2.12 bits per heavy atom. The van der Waals surface area contributed by atoms with Gasteiger partial charge in [0.15, 0.2) is 0 Å². The van der Waals surface area contributed by atoms with Gasteiger partial charge in [0.1, 0.15) is 6.04 Å². The van der Waals surface area contributed by atoms with Crippen LogP contribution in [0.2, 0.25) is 0 Å². The fourth-order valence-corrected chi connectivity index (χ4v) is 2.59. The van der Waals surface area contributed by atoms with Crippen molar-refractivity contribution in [1.29, 1.82) is 0 Å². The summed E-state index contributed by atoms with van der Waals surface area (Å²) in [5.41, 5.74) is 3.73. The van der Waals surface area contributed by atoms with Gasteiger partial charge in [-0.3, -0.25) is 10.1 Å². The highest BCUT2D eigenvalue weighted by Crippen LogP contribution is 2.28. The SMILES string of the molecule is Cc1ccc(C2CCCC(C(=O)O)N2)c(C)c1. The largest absolute Gasteiger partial charge is 0.480 e. The molecule has 1 aliphatic rings. The zero-order valence-corrected chi connectivity index (χ0v) is 10.4. The number of aryl methyl sites for hydroxylation is 2. The molecule has 0 amide bonds. The molecule has 1 aromatic rings. The predicted molar refractivity (Wildman–Crippen MR) is 67.1 cm³/mol. The van der Waals surface area contributed by atoms with Crippen molar-refractivity contribution in [3.8, 4) is 0 Å². The molecule has 1 aromatic carbocycles. The maximum atomic E-state index is 11.0. The zero-order chi connectivity index (χ0) is 12.4. The van der Waals surface area contributed by atoms with Crippen LogP contribution >= 0.6 is 0 Å². The Kier molecular flexibility index (Phi) is 3.48. The third kappa shape index (κ3) is 2.67. The fourth-order valence-electron chi connectivity index (χ4n) is 2.59. The Bertz CT molecular complexity index is 428. The molecule has 1 aliphatic heterocycles. The van der Waals surface area contributed by atoms with Crippen LogP contribution in [-0.2, 0) is 4.79 Å². The number of benzene rings is 1. The van der Waals surface area contributed by atoms with Gasteiger partial charge >= 0.3 is 5.97 Å². The number of carboxylic acids is 1. The van der Waals surface area contributed by atoms with Crippen molar-refractivity contribution in [2.45, 2.75) is 45.2 Å². The minimum atomic E-state index is -0.737. The summed E-state index contributed by atoms with van der Waals surface area (Å²) >= 11 is 0. The van der Waals surface area contributed by atoms with E-state index in [4.69, 9.17) is 5.11 Å². The molecule has 3 nitrogen and oxygen atoms in total. The predicted octanol–water partition coefficient (Wildman–Crippen LogP) is 2.57. The average Bonchev–Trinajstić information content (AvgIpc) is 2.29. The highest BCUT2D eigenvalue weighted by molar-refractivity contribution is 5.73. The lowest BCUT2D eigenvalue weighted by Gasteiger charge is -2.30. The molecule has 0 aliphatic carbocycles. The molecule has 2 rings (SSSR count). The van der Waals surface area contributed by atoms with Gasteiger partial charge in [0.25, 0.3) is 0 Å². The van der Waals surface area contributed by atoms with E-state index in [0.717, 1.165) is 19.3 Å². The van der Waals surface area contributed by atoms with Gasteiger partial charge in [0, 0.05) is 6.04 Å². The first kappa shape index (κ1) is 12.1. The van der Waals surface area contributed by atoms with Crippen molar-refractivity contribution >= 4 is 5.97 Å². The van der Waals surface area contributed by atoms with Gasteiger partial charge in [-0.15, -0.1) is 0 Å². The van der Waals surface area contributed by atoms with Crippen LogP contribution in [0.3, 0.4) is 0 Å². The van der Waals surface area contributed by atoms with Crippen molar-refractivity contribution in [2.75, 3.05) is 0 Å². The molecule has 0 bridgehead atoms. The molecule has 2 N–H and O–H groups in total. The molecule has 3 heteroatoms. The second kappa shape index (κ2) is 4.88. The van der Waals surface area contributed by atoms with Crippen molar-refractivity contribution in [3.63, 3.8) is 0 Å². The first-order valence-corrected chi connectivity index (χ1v) is 6.14. The van der Waals surface area contributed by atoms with Crippen LogP contribution in [-0.4, -0.2) is 17.1 Å². The molecule has 2 atom stereocenters. The summed E-state index contributed by atoms with van der Waals surface area (Å²) in [6.45, 7) is 4.17. The normalized spacial score (nSPS) is 24.6. The third-order valence-electron chi connectivity index (χ3n) is 3.49. The average molecular weight is 233 g/mol. The van der Waals surface area contributed by atoms with Gasteiger partial charge in [0.2, 0.25) is 0 Å². The second-order valence-corrected chi connectivity index (χ2v) is 4.90. The van der Waals surface area contributed by atoms with E-state index in [1.165, 1.54) is 16.7 Å². The molecule has 2 unspecified atom stereocenters. The Balaban J connectivity index is 2.19. The molecule has 1 fully saturated rings. The number of aliphatic carboxylic acids is 1. The second-order valence-electron chi connectivity index (χ2n) is 4.90. The smallest absolute Gasteiger partial charge is 0.320 e. The van der Waals surface area contributed by atoms with E-state index in [-0.39, 0.29) is 6.04 Å². The van der Waals surface area contributed by atoms with E-state index < -0.39 is 12.0 Å². The summed E-state index contributed by atoms with van der Waals surface area (Å²) in [6.07, 6.45) is 2.73. The van der Waals surface area contributed by atoms with Crippen LogP contribution in [0.25, 0.3) is 0 Å². The van der Waals surface area contributed by atoms with Crippen molar-refractivity contribution in [2.24, 2.45) is 0 Å². The molecule has 1 heterocycles. The van der Waals surface area contributed by atoms with E-state index >= 15 is 0 Å². The van der Waals surface area contributed by atoms with Crippen molar-refractivity contribution in [3.05, 3.63) is 34.9 Å². The lowest BCUT2D eigenvalue weighted by atomic mass is 9.90. The Hall–Kier alpha value is -1.35. The first-order valence-electron chi connectivity index (χ1n) is 6.14. The summed E-state index contributed by atoms with van der Waals surface area (Å²) in [5.74, 6) is -0.737. The van der Waals surface area contributed by atoms with E-state index in [2.05, 4.69) is 37.4 Å². The van der Waals surface area contributed by atoms with Crippen LogP contribution < -0.4 is 5.32 Å². The zero-order valence-electron chi connectivity index (χ0n) is 10.4. The van der Waals surface area contributed by atoms with E-state index in [1.807, 2.05) is 0 Å². The van der Waals surface area contributed by atoms with Gasteiger partial charge in [-0.05, 0) is 44.2 Å². The monoisotopic (exact) mass is 233 g/mol.